The van der Waals surface area contributed by atoms with E-state index >= 15 is 0 Å². The van der Waals surface area contributed by atoms with E-state index in [1.807, 2.05) is 6.92 Å². The maximum Gasteiger partial charge on any atom is 0.305 e. The van der Waals surface area contributed by atoms with Crippen LogP contribution in [-0.4, -0.2) is 38.9 Å². The highest BCUT2D eigenvalue weighted by Crippen LogP contribution is 2.24. The minimum Gasteiger partial charge on any atom is -0.465 e. The molecule has 18 heavy (non-hydrogen) atoms. The standard InChI is InChI=1S/C13H24O5/c1-5-11(14)17-9-13(7-3,8-16-4)10-18-12(15)6-2/h5-10H2,1-4H3. The Bertz CT molecular complexity index is 242. The average Bonchev–Trinajstić information content (AvgIpc) is 2.41. The van der Waals surface area contributed by atoms with Gasteiger partial charge in [0.25, 0.3) is 0 Å². The minimum atomic E-state index is -0.454. The topological polar surface area (TPSA) is 61.8 Å². The molecule has 0 amide bonds. The van der Waals surface area contributed by atoms with Gasteiger partial charge >= 0.3 is 11.9 Å². The van der Waals surface area contributed by atoms with E-state index in [0.717, 1.165) is 0 Å². The number of esters is 2. The van der Waals surface area contributed by atoms with Crippen LogP contribution in [0.25, 0.3) is 0 Å². The molecule has 0 heterocycles. The van der Waals surface area contributed by atoms with Crippen molar-refractivity contribution in [3.05, 3.63) is 0 Å². The highest BCUT2D eigenvalue weighted by Gasteiger charge is 2.32. The summed E-state index contributed by atoms with van der Waals surface area (Å²) in [7, 11) is 1.58. The smallest absolute Gasteiger partial charge is 0.305 e. The third kappa shape index (κ3) is 6.00. The summed E-state index contributed by atoms with van der Waals surface area (Å²) in [5.41, 5.74) is -0.454. The number of carbonyl (C=O) groups excluding carboxylic acids is 2. The molecule has 0 spiro atoms. The van der Waals surface area contributed by atoms with E-state index in [9.17, 15) is 9.59 Å². The van der Waals surface area contributed by atoms with Crippen molar-refractivity contribution >= 4 is 11.9 Å². The number of hydrogen-bond acceptors (Lipinski definition) is 5. The van der Waals surface area contributed by atoms with E-state index in [1.54, 1.807) is 21.0 Å². The molecule has 0 radical (unpaired) electrons. The molecule has 0 aromatic carbocycles. The van der Waals surface area contributed by atoms with Crippen molar-refractivity contribution < 1.29 is 23.8 Å². The lowest BCUT2D eigenvalue weighted by Crippen LogP contribution is -2.38. The van der Waals surface area contributed by atoms with E-state index in [2.05, 4.69) is 0 Å². The van der Waals surface area contributed by atoms with Crippen LogP contribution in [0.4, 0.5) is 0 Å². The maximum absolute atomic E-state index is 11.2. The monoisotopic (exact) mass is 260 g/mol. The van der Waals surface area contributed by atoms with E-state index in [1.165, 1.54) is 0 Å². The SMILES string of the molecule is CCC(=O)OCC(CC)(COC)COC(=O)CC. The van der Waals surface area contributed by atoms with Crippen LogP contribution in [0.1, 0.15) is 40.0 Å². The quantitative estimate of drug-likeness (QED) is 0.593. The van der Waals surface area contributed by atoms with Gasteiger partial charge in [-0.2, -0.15) is 0 Å². The molecule has 5 heteroatoms. The molecule has 0 aliphatic carbocycles. The van der Waals surface area contributed by atoms with Gasteiger partial charge in [-0.25, -0.2) is 0 Å². The number of hydrogen-bond donors (Lipinski definition) is 0. The third-order valence-corrected chi connectivity index (χ3v) is 2.86. The van der Waals surface area contributed by atoms with Gasteiger partial charge in [-0.05, 0) is 6.42 Å². The lowest BCUT2D eigenvalue weighted by atomic mass is 9.88. The van der Waals surface area contributed by atoms with Crippen LogP contribution in [-0.2, 0) is 23.8 Å². The van der Waals surface area contributed by atoms with Gasteiger partial charge in [0.05, 0.1) is 12.0 Å². The summed E-state index contributed by atoms with van der Waals surface area (Å²) in [6.45, 7) is 6.24. The van der Waals surface area contributed by atoms with E-state index in [-0.39, 0.29) is 25.2 Å². The molecule has 0 rings (SSSR count). The van der Waals surface area contributed by atoms with Gasteiger partial charge in [-0.3, -0.25) is 9.59 Å². The van der Waals surface area contributed by atoms with Crippen molar-refractivity contribution in [3.8, 4) is 0 Å². The Morgan fingerprint density at radius 2 is 1.33 bits per heavy atom. The van der Waals surface area contributed by atoms with Crippen LogP contribution in [0, 0.1) is 5.41 Å². The third-order valence-electron chi connectivity index (χ3n) is 2.86. The van der Waals surface area contributed by atoms with Crippen LogP contribution in [0.2, 0.25) is 0 Å². The van der Waals surface area contributed by atoms with E-state index in [0.29, 0.717) is 25.9 Å². The van der Waals surface area contributed by atoms with Gasteiger partial charge in [0.1, 0.15) is 13.2 Å². The first-order valence-corrected chi connectivity index (χ1v) is 6.33. The van der Waals surface area contributed by atoms with Gasteiger partial charge in [-0.15, -0.1) is 0 Å². The Morgan fingerprint density at radius 3 is 1.61 bits per heavy atom. The zero-order chi connectivity index (χ0) is 14.0. The predicted molar refractivity (Wildman–Crippen MR) is 67.1 cm³/mol. The Kier molecular flexibility index (Phi) is 8.37. The van der Waals surface area contributed by atoms with Gasteiger partial charge in [0.15, 0.2) is 0 Å². The second-order valence-electron chi connectivity index (χ2n) is 4.32. The largest absolute Gasteiger partial charge is 0.465 e. The Balaban J connectivity index is 4.48. The van der Waals surface area contributed by atoms with Gasteiger partial charge in [0, 0.05) is 20.0 Å². The highest BCUT2D eigenvalue weighted by atomic mass is 16.6. The number of rotatable bonds is 9. The molecular formula is C13H24O5. The lowest BCUT2D eigenvalue weighted by Gasteiger charge is -2.30. The first kappa shape index (κ1) is 16.9. The lowest BCUT2D eigenvalue weighted by molar-refractivity contribution is -0.156. The fourth-order valence-electron chi connectivity index (χ4n) is 1.41. The molecule has 0 bridgehead atoms. The zero-order valence-corrected chi connectivity index (χ0v) is 11.8. The molecule has 0 N–H and O–H groups in total. The normalized spacial score (nSPS) is 11.1. The van der Waals surface area contributed by atoms with Crippen LogP contribution in [0.3, 0.4) is 0 Å². The van der Waals surface area contributed by atoms with E-state index in [4.69, 9.17) is 14.2 Å². The Hall–Kier alpha value is -1.10. The molecule has 5 nitrogen and oxygen atoms in total. The summed E-state index contributed by atoms with van der Waals surface area (Å²) in [6, 6.07) is 0. The average molecular weight is 260 g/mol. The number of methoxy groups -OCH3 is 1. The highest BCUT2D eigenvalue weighted by molar-refractivity contribution is 5.69. The van der Waals surface area contributed by atoms with Gasteiger partial charge in [-0.1, -0.05) is 20.8 Å². The maximum atomic E-state index is 11.2. The van der Waals surface area contributed by atoms with Crippen molar-refractivity contribution in [1.29, 1.82) is 0 Å². The second-order valence-corrected chi connectivity index (χ2v) is 4.32. The van der Waals surface area contributed by atoms with Crippen LogP contribution in [0.15, 0.2) is 0 Å². The van der Waals surface area contributed by atoms with Crippen LogP contribution < -0.4 is 0 Å². The van der Waals surface area contributed by atoms with Crippen molar-refractivity contribution in [3.63, 3.8) is 0 Å². The number of carbonyl (C=O) groups is 2. The molecule has 0 aliphatic heterocycles. The fourth-order valence-corrected chi connectivity index (χ4v) is 1.41. The zero-order valence-electron chi connectivity index (χ0n) is 11.8. The summed E-state index contributed by atoms with van der Waals surface area (Å²) >= 11 is 0. The first-order valence-electron chi connectivity index (χ1n) is 6.33. The van der Waals surface area contributed by atoms with Gasteiger partial charge < -0.3 is 14.2 Å². The fraction of sp³-hybridized carbons (Fsp3) is 0.846. The second kappa shape index (κ2) is 8.91. The summed E-state index contributed by atoms with van der Waals surface area (Å²) in [5, 5.41) is 0. The Labute approximate surface area is 109 Å². The minimum absolute atomic E-state index is 0.209. The molecule has 0 saturated heterocycles. The molecule has 0 aliphatic rings. The molecule has 0 atom stereocenters. The predicted octanol–water partition coefficient (Wildman–Crippen LogP) is 1.94. The van der Waals surface area contributed by atoms with Crippen molar-refractivity contribution in [1.82, 2.24) is 0 Å². The van der Waals surface area contributed by atoms with Crippen molar-refractivity contribution in [2.75, 3.05) is 26.9 Å². The van der Waals surface area contributed by atoms with E-state index < -0.39 is 5.41 Å². The van der Waals surface area contributed by atoms with Crippen LogP contribution >= 0.6 is 0 Å². The molecule has 0 saturated carbocycles. The summed E-state index contributed by atoms with van der Waals surface area (Å²) in [6.07, 6.45) is 1.37. The first-order chi connectivity index (χ1) is 8.53. The van der Waals surface area contributed by atoms with Crippen molar-refractivity contribution in [2.24, 2.45) is 5.41 Å². The molecule has 0 aromatic rings. The molecule has 0 unspecified atom stereocenters. The molecule has 0 aromatic heterocycles. The van der Waals surface area contributed by atoms with Crippen molar-refractivity contribution in [2.45, 2.75) is 40.0 Å². The summed E-state index contributed by atoms with van der Waals surface area (Å²) in [5.74, 6) is -0.517. The van der Waals surface area contributed by atoms with Crippen LogP contribution in [0.5, 0.6) is 0 Å². The summed E-state index contributed by atoms with van der Waals surface area (Å²) < 4.78 is 15.5. The number of ether oxygens (including phenoxy) is 3. The molecule has 0 fully saturated rings. The Morgan fingerprint density at radius 1 is 0.889 bits per heavy atom. The van der Waals surface area contributed by atoms with Gasteiger partial charge in [0.2, 0.25) is 0 Å². The molecular weight excluding hydrogens is 236 g/mol. The molecule has 106 valence electrons. The summed E-state index contributed by atoms with van der Waals surface area (Å²) in [4.78, 5) is 22.4.